The Morgan fingerprint density at radius 3 is 2.20 bits per heavy atom. The quantitative estimate of drug-likeness (QED) is 0.782. The lowest BCUT2D eigenvalue weighted by atomic mass is 10.0. The Morgan fingerprint density at radius 2 is 1.60 bits per heavy atom. The molecule has 0 radical (unpaired) electrons. The molecule has 108 valence electrons. The predicted molar refractivity (Wildman–Crippen MR) is 87.1 cm³/mol. The average molecular weight is 271 g/mol. The zero-order valence-corrected chi connectivity index (χ0v) is 13.2. The maximum atomic E-state index is 12.1. The Morgan fingerprint density at radius 1 is 1.05 bits per heavy atom. The van der Waals surface area contributed by atoms with E-state index in [-0.39, 0.29) is 5.91 Å². The van der Waals surface area contributed by atoms with Crippen molar-refractivity contribution < 1.29 is 4.79 Å². The SMILES string of the molecule is CC(C)C.CCN(C)C(=O)c1cccc2ccccc12. The van der Waals surface area contributed by atoms with Gasteiger partial charge in [0.25, 0.3) is 5.91 Å². The van der Waals surface area contributed by atoms with Crippen molar-refractivity contribution in [1.29, 1.82) is 0 Å². The van der Waals surface area contributed by atoms with Crippen LogP contribution in [0.4, 0.5) is 0 Å². The normalized spacial score (nSPS) is 10.1. The van der Waals surface area contributed by atoms with Crippen molar-refractivity contribution in [2.24, 2.45) is 5.92 Å². The summed E-state index contributed by atoms with van der Waals surface area (Å²) < 4.78 is 0. The zero-order chi connectivity index (χ0) is 15.1. The van der Waals surface area contributed by atoms with Gasteiger partial charge in [0, 0.05) is 19.2 Å². The van der Waals surface area contributed by atoms with Gasteiger partial charge in [-0.1, -0.05) is 57.2 Å². The fourth-order valence-electron chi connectivity index (χ4n) is 1.76. The van der Waals surface area contributed by atoms with Crippen LogP contribution in [-0.2, 0) is 0 Å². The lowest BCUT2D eigenvalue weighted by Gasteiger charge is -2.15. The van der Waals surface area contributed by atoms with Crippen LogP contribution in [0.15, 0.2) is 42.5 Å². The Bertz CT molecular complexity index is 552. The van der Waals surface area contributed by atoms with Gasteiger partial charge in [0.1, 0.15) is 0 Å². The second kappa shape index (κ2) is 7.68. The number of nitrogens with zero attached hydrogens (tertiary/aromatic N) is 1. The van der Waals surface area contributed by atoms with E-state index in [2.05, 4.69) is 20.8 Å². The van der Waals surface area contributed by atoms with E-state index in [1.54, 1.807) is 4.90 Å². The van der Waals surface area contributed by atoms with Gasteiger partial charge >= 0.3 is 0 Å². The first-order valence-electron chi connectivity index (χ1n) is 7.20. The van der Waals surface area contributed by atoms with Crippen LogP contribution >= 0.6 is 0 Å². The van der Waals surface area contributed by atoms with E-state index in [1.165, 1.54) is 0 Å². The number of fused-ring (bicyclic) bond motifs is 1. The van der Waals surface area contributed by atoms with Crippen molar-refractivity contribution >= 4 is 16.7 Å². The minimum Gasteiger partial charge on any atom is -0.342 e. The first-order valence-corrected chi connectivity index (χ1v) is 7.20. The van der Waals surface area contributed by atoms with Crippen molar-refractivity contribution in [3.63, 3.8) is 0 Å². The highest BCUT2D eigenvalue weighted by Gasteiger charge is 2.12. The molecule has 0 aliphatic carbocycles. The summed E-state index contributed by atoms with van der Waals surface area (Å²) >= 11 is 0. The fourth-order valence-corrected chi connectivity index (χ4v) is 1.76. The molecule has 2 nitrogen and oxygen atoms in total. The van der Waals surface area contributed by atoms with Crippen molar-refractivity contribution in [2.75, 3.05) is 13.6 Å². The Kier molecular flexibility index (Phi) is 6.23. The molecule has 2 heteroatoms. The number of amides is 1. The predicted octanol–water partition coefficient (Wildman–Crippen LogP) is 4.59. The number of hydrogen-bond donors (Lipinski definition) is 0. The smallest absolute Gasteiger partial charge is 0.254 e. The summed E-state index contributed by atoms with van der Waals surface area (Å²) in [5, 5.41) is 2.13. The molecule has 0 aromatic heterocycles. The minimum absolute atomic E-state index is 0.0827. The molecule has 0 saturated heterocycles. The molecule has 0 bridgehead atoms. The summed E-state index contributed by atoms with van der Waals surface area (Å²) in [6, 6.07) is 13.8. The monoisotopic (exact) mass is 271 g/mol. The van der Waals surface area contributed by atoms with Crippen molar-refractivity contribution in [3.8, 4) is 0 Å². The Hall–Kier alpha value is -1.83. The number of benzene rings is 2. The molecule has 1 amide bonds. The van der Waals surface area contributed by atoms with Gasteiger partial charge in [0.05, 0.1) is 0 Å². The summed E-state index contributed by atoms with van der Waals surface area (Å²) in [5.74, 6) is 0.916. The van der Waals surface area contributed by atoms with Gasteiger partial charge in [0.15, 0.2) is 0 Å². The lowest BCUT2D eigenvalue weighted by Crippen LogP contribution is -2.26. The van der Waals surface area contributed by atoms with Gasteiger partial charge < -0.3 is 4.90 Å². The molecule has 0 fully saturated rings. The number of hydrogen-bond acceptors (Lipinski definition) is 1. The van der Waals surface area contributed by atoms with Crippen LogP contribution in [0.2, 0.25) is 0 Å². The van der Waals surface area contributed by atoms with Crippen LogP contribution < -0.4 is 0 Å². The van der Waals surface area contributed by atoms with E-state index >= 15 is 0 Å². The molecule has 0 aliphatic rings. The standard InChI is InChI=1S/C14H15NO.C4H10/c1-3-15(2)14(16)13-10-6-8-11-7-4-5-9-12(11)13;1-4(2)3/h4-10H,3H2,1-2H3;4H,1-3H3. The number of rotatable bonds is 2. The number of carbonyl (C=O) groups excluding carboxylic acids is 1. The highest BCUT2D eigenvalue weighted by Crippen LogP contribution is 2.19. The maximum Gasteiger partial charge on any atom is 0.254 e. The third-order valence-electron chi connectivity index (χ3n) is 2.84. The van der Waals surface area contributed by atoms with Crippen LogP contribution in [0.1, 0.15) is 38.1 Å². The van der Waals surface area contributed by atoms with E-state index in [0.717, 1.165) is 28.8 Å². The van der Waals surface area contributed by atoms with Crippen molar-refractivity contribution in [3.05, 3.63) is 48.0 Å². The molecule has 2 aromatic carbocycles. The summed E-state index contributed by atoms with van der Waals surface area (Å²) in [5.41, 5.74) is 0.780. The van der Waals surface area contributed by atoms with E-state index in [0.29, 0.717) is 0 Å². The topological polar surface area (TPSA) is 20.3 Å². The van der Waals surface area contributed by atoms with Gasteiger partial charge in [-0.3, -0.25) is 4.79 Å². The van der Waals surface area contributed by atoms with Crippen LogP contribution in [0.3, 0.4) is 0 Å². The largest absolute Gasteiger partial charge is 0.342 e. The van der Waals surface area contributed by atoms with Crippen LogP contribution in [-0.4, -0.2) is 24.4 Å². The van der Waals surface area contributed by atoms with Crippen LogP contribution in [0.25, 0.3) is 10.8 Å². The second-order valence-electron chi connectivity index (χ2n) is 5.58. The van der Waals surface area contributed by atoms with Crippen LogP contribution in [0.5, 0.6) is 0 Å². The van der Waals surface area contributed by atoms with Gasteiger partial charge in [-0.2, -0.15) is 0 Å². The summed E-state index contributed by atoms with van der Waals surface area (Å²) in [6.45, 7) is 9.20. The van der Waals surface area contributed by atoms with Gasteiger partial charge in [-0.25, -0.2) is 0 Å². The molecule has 0 spiro atoms. The van der Waals surface area contributed by atoms with Gasteiger partial charge in [-0.15, -0.1) is 0 Å². The molecule has 20 heavy (non-hydrogen) atoms. The Labute approximate surface area is 122 Å². The third-order valence-corrected chi connectivity index (χ3v) is 2.84. The molecule has 0 unspecified atom stereocenters. The van der Waals surface area contributed by atoms with Crippen LogP contribution in [0, 0.1) is 5.92 Å². The molecule has 2 rings (SSSR count). The molecular weight excluding hydrogens is 246 g/mol. The lowest BCUT2D eigenvalue weighted by molar-refractivity contribution is 0.0804. The van der Waals surface area contributed by atoms with E-state index in [1.807, 2.05) is 56.4 Å². The van der Waals surface area contributed by atoms with Crippen molar-refractivity contribution in [1.82, 2.24) is 4.90 Å². The highest BCUT2D eigenvalue weighted by molar-refractivity contribution is 6.06. The maximum absolute atomic E-state index is 12.1. The number of carbonyl (C=O) groups is 1. The molecule has 0 aliphatic heterocycles. The third kappa shape index (κ3) is 4.37. The fraction of sp³-hybridized carbons (Fsp3) is 0.389. The minimum atomic E-state index is 0.0827. The summed E-state index contributed by atoms with van der Waals surface area (Å²) in [6.07, 6.45) is 0. The molecule has 0 heterocycles. The van der Waals surface area contributed by atoms with Gasteiger partial charge in [0.2, 0.25) is 0 Å². The van der Waals surface area contributed by atoms with Gasteiger partial charge in [-0.05, 0) is 29.7 Å². The van der Waals surface area contributed by atoms with E-state index < -0.39 is 0 Å². The summed E-state index contributed by atoms with van der Waals surface area (Å²) in [4.78, 5) is 13.8. The zero-order valence-electron chi connectivity index (χ0n) is 13.2. The molecule has 0 N–H and O–H groups in total. The van der Waals surface area contributed by atoms with E-state index in [9.17, 15) is 4.79 Å². The second-order valence-corrected chi connectivity index (χ2v) is 5.58. The molecular formula is C18H25NO. The molecule has 0 atom stereocenters. The molecule has 2 aromatic rings. The molecule has 0 saturated carbocycles. The van der Waals surface area contributed by atoms with Crippen molar-refractivity contribution in [2.45, 2.75) is 27.7 Å². The summed E-state index contributed by atoms with van der Waals surface area (Å²) in [7, 11) is 1.82. The Balaban J connectivity index is 0.000000444. The highest BCUT2D eigenvalue weighted by atomic mass is 16.2. The average Bonchev–Trinajstić information content (AvgIpc) is 2.44. The first kappa shape index (κ1) is 16.2. The van der Waals surface area contributed by atoms with E-state index in [4.69, 9.17) is 0 Å². The first-order chi connectivity index (χ1) is 9.47.